The van der Waals surface area contributed by atoms with E-state index >= 15 is 0 Å². The first-order chi connectivity index (χ1) is 25.7. The van der Waals surface area contributed by atoms with E-state index in [2.05, 4.69) is 70.2 Å². The van der Waals surface area contributed by atoms with Gasteiger partial charge in [-0.1, -0.05) is 23.7 Å². The number of pyridine rings is 2. The van der Waals surface area contributed by atoms with E-state index in [9.17, 15) is 9.59 Å². The zero-order valence-electron chi connectivity index (χ0n) is 30.4. The van der Waals surface area contributed by atoms with E-state index in [1.54, 1.807) is 17.1 Å². The highest BCUT2D eigenvalue weighted by atomic mass is 35.5. The number of hydrogen-bond acceptors (Lipinski definition) is 10. The third-order valence-electron chi connectivity index (χ3n) is 11.0. The molecule has 53 heavy (non-hydrogen) atoms. The summed E-state index contributed by atoms with van der Waals surface area (Å²) in [6, 6.07) is 10.8. The van der Waals surface area contributed by atoms with Crippen LogP contribution in [-0.4, -0.2) is 96.6 Å². The summed E-state index contributed by atoms with van der Waals surface area (Å²) in [7, 11) is 1.88. The third kappa shape index (κ3) is 7.64. The third-order valence-corrected chi connectivity index (χ3v) is 11.2. The van der Waals surface area contributed by atoms with E-state index in [1.165, 1.54) is 5.56 Å². The smallest absolute Gasteiger partial charge is 0.234 e. The first-order valence-corrected chi connectivity index (χ1v) is 18.9. The molecule has 2 atom stereocenters. The fourth-order valence-corrected chi connectivity index (χ4v) is 8.20. The predicted octanol–water partition coefficient (Wildman–Crippen LogP) is 5.45. The highest BCUT2D eigenvalue weighted by Crippen LogP contribution is 2.36. The van der Waals surface area contributed by atoms with E-state index in [0.29, 0.717) is 58.3 Å². The highest BCUT2D eigenvalue weighted by molar-refractivity contribution is 6.32. The van der Waals surface area contributed by atoms with Gasteiger partial charge in [-0.25, -0.2) is 9.97 Å². The topological polar surface area (TPSA) is 137 Å². The summed E-state index contributed by atoms with van der Waals surface area (Å²) in [6.45, 7) is 11.4. The largest absolute Gasteiger partial charge is 0.453 e. The lowest BCUT2D eigenvalue weighted by molar-refractivity contribution is -0.134. The molecule has 13 nitrogen and oxygen atoms in total. The molecule has 3 aliphatic heterocycles. The first kappa shape index (κ1) is 35.2. The lowest BCUT2D eigenvalue weighted by atomic mass is 9.91. The zero-order chi connectivity index (χ0) is 36.6. The quantitative estimate of drug-likeness (QED) is 0.188. The molecular weight excluding hydrogens is 692 g/mol. The van der Waals surface area contributed by atoms with Gasteiger partial charge in [0.15, 0.2) is 11.4 Å². The number of halogens is 1. The number of carbonyl (C=O) groups is 2. The average Bonchev–Trinajstić information content (AvgIpc) is 3.73. The van der Waals surface area contributed by atoms with Crippen molar-refractivity contribution in [3.63, 3.8) is 0 Å². The fourth-order valence-electron chi connectivity index (χ4n) is 8.02. The molecule has 276 valence electrons. The molecule has 3 aliphatic rings. The van der Waals surface area contributed by atoms with Crippen molar-refractivity contribution in [1.29, 1.82) is 0 Å². The Balaban J connectivity index is 0.822. The number of carbonyl (C=O) groups excluding carboxylic acids is 2. The molecular formula is C39H45ClN10O3. The first-order valence-electron chi connectivity index (χ1n) is 18.5. The predicted molar refractivity (Wildman–Crippen MR) is 203 cm³/mol. The van der Waals surface area contributed by atoms with Crippen molar-refractivity contribution in [2.75, 3.05) is 44.2 Å². The van der Waals surface area contributed by atoms with Crippen molar-refractivity contribution in [2.45, 2.75) is 58.0 Å². The van der Waals surface area contributed by atoms with Crippen molar-refractivity contribution in [2.24, 2.45) is 13.0 Å². The molecule has 7 heterocycles. The second-order valence-electron chi connectivity index (χ2n) is 14.8. The Morgan fingerprint density at radius 2 is 1.83 bits per heavy atom. The van der Waals surface area contributed by atoms with Gasteiger partial charge in [-0.15, -0.1) is 0 Å². The van der Waals surface area contributed by atoms with Crippen molar-refractivity contribution < 1.29 is 14.3 Å². The van der Waals surface area contributed by atoms with Crippen molar-refractivity contribution in [3.05, 3.63) is 77.0 Å². The SMILES string of the molecule is Cc1nn(C)cc1-c1nc2ncc(Cl)c(Oc3ccc(CN4CCN(CC5CCN(c6cncc([C@H]7CCC(=O)NC7=O)c6)CC5)C[C@H]4C)cc3)c2[nH]1. The zero-order valence-corrected chi connectivity index (χ0v) is 31.1. The minimum Gasteiger partial charge on any atom is -0.453 e. The number of fused-ring (bicyclic) bond motifs is 1. The van der Waals surface area contributed by atoms with Gasteiger partial charge in [0.2, 0.25) is 11.8 Å². The van der Waals surface area contributed by atoms with Gasteiger partial charge >= 0.3 is 0 Å². The molecule has 5 aromatic rings. The van der Waals surface area contributed by atoms with Crippen LogP contribution in [0.3, 0.4) is 0 Å². The summed E-state index contributed by atoms with van der Waals surface area (Å²) >= 11 is 6.58. The fraction of sp³-hybridized carbons (Fsp3) is 0.436. The van der Waals surface area contributed by atoms with E-state index in [4.69, 9.17) is 16.3 Å². The monoisotopic (exact) mass is 736 g/mol. The molecule has 0 aliphatic carbocycles. The summed E-state index contributed by atoms with van der Waals surface area (Å²) in [6.07, 6.45) is 10.3. The van der Waals surface area contributed by atoms with E-state index < -0.39 is 0 Å². The van der Waals surface area contributed by atoms with Crippen LogP contribution in [0.25, 0.3) is 22.6 Å². The van der Waals surface area contributed by atoms with Gasteiger partial charge in [0.1, 0.15) is 22.1 Å². The number of piperazine rings is 1. The van der Waals surface area contributed by atoms with Crippen LogP contribution in [0.1, 0.15) is 55.3 Å². The highest BCUT2D eigenvalue weighted by Gasteiger charge is 2.30. The molecule has 0 bridgehead atoms. The number of aromatic nitrogens is 6. The Bertz CT molecular complexity index is 2120. The Morgan fingerprint density at radius 3 is 2.57 bits per heavy atom. The van der Waals surface area contributed by atoms with Crippen molar-refractivity contribution in [3.8, 4) is 22.9 Å². The molecule has 8 rings (SSSR count). The molecule has 3 fully saturated rings. The number of anilines is 1. The molecule has 2 N–H and O–H groups in total. The van der Waals surface area contributed by atoms with Gasteiger partial charge in [-0.2, -0.15) is 5.10 Å². The number of ether oxygens (including phenoxy) is 1. The number of H-pyrrole nitrogens is 1. The Kier molecular flexibility index (Phi) is 9.88. The normalized spacial score (nSPS) is 20.6. The lowest BCUT2D eigenvalue weighted by Gasteiger charge is -2.42. The van der Waals surface area contributed by atoms with Crippen LogP contribution in [0, 0.1) is 12.8 Å². The average molecular weight is 737 g/mol. The minimum absolute atomic E-state index is 0.192. The standard InChI is InChI=1S/C39H45ClN10O3/c1-24-20-48(21-27-10-12-49(13-11-27)29-16-28(17-41-18-29)31-8-9-34(51)43-39(31)52)14-15-50(24)22-26-4-6-30(7-5-26)53-36-33(40)19-42-38-35(36)44-37(45-38)32-23-47(3)46-25(32)2/h4-7,16-19,23-24,27,31H,8-15,20-22H2,1-3H3,(H,42,44,45)(H,43,51,52)/t24-,31-/m1/s1. The van der Waals surface area contributed by atoms with Crippen molar-refractivity contribution >= 4 is 40.3 Å². The number of aromatic amines is 1. The van der Waals surface area contributed by atoms with E-state index in [0.717, 1.165) is 81.2 Å². The maximum atomic E-state index is 12.4. The van der Waals surface area contributed by atoms with Crippen molar-refractivity contribution in [1.82, 2.24) is 44.8 Å². The molecule has 0 spiro atoms. The number of piperidine rings is 2. The molecule has 1 aromatic carbocycles. The van der Waals surface area contributed by atoms with Gasteiger partial charge in [-0.05, 0) is 68.4 Å². The van der Waals surface area contributed by atoms with Crippen LogP contribution in [-0.2, 0) is 23.2 Å². The summed E-state index contributed by atoms with van der Waals surface area (Å²) < 4.78 is 8.08. The number of nitrogens with zero attached hydrogens (tertiary/aromatic N) is 8. The number of rotatable bonds is 9. The molecule has 14 heteroatoms. The minimum atomic E-state index is -0.310. The molecule has 2 amide bonds. The second-order valence-corrected chi connectivity index (χ2v) is 15.2. The molecule has 4 aromatic heterocycles. The molecule has 0 saturated carbocycles. The molecule has 0 radical (unpaired) electrons. The van der Waals surface area contributed by atoms with Crippen LogP contribution in [0.4, 0.5) is 5.69 Å². The van der Waals surface area contributed by atoms with Crippen LogP contribution in [0.2, 0.25) is 5.02 Å². The van der Waals surface area contributed by atoms with Gasteiger partial charge < -0.3 is 19.5 Å². The summed E-state index contributed by atoms with van der Waals surface area (Å²) in [5.41, 5.74) is 6.14. The Labute approximate surface area is 313 Å². The van der Waals surface area contributed by atoms with Crippen LogP contribution < -0.4 is 15.0 Å². The van der Waals surface area contributed by atoms with Crippen LogP contribution in [0.15, 0.2) is 55.1 Å². The van der Waals surface area contributed by atoms with E-state index in [-0.39, 0.29) is 17.7 Å². The van der Waals surface area contributed by atoms with Crippen LogP contribution >= 0.6 is 11.6 Å². The van der Waals surface area contributed by atoms with Gasteiger partial charge in [0, 0.05) is 77.7 Å². The van der Waals surface area contributed by atoms with Gasteiger partial charge in [0.05, 0.1) is 35.3 Å². The van der Waals surface area contributed by atoms with Crippen LogP contribution in [0.5, 0.6) is 11.5 Å². The number of hydrogen-bond donors (Lipinski definition) is 2. The second kappa shape index (κ2) is 14.9. The summed E-state index contributed by atoms with van der Waals surface area (Å²) in [5, 5.41) is 7.31. The maximum Gasteiger partial charge on any atom is 0.234 e. The molecule has 0 unspecified atom stereocenters. The Hall–Kier alpha value is -4.85. The maximum absolute atomic E-state index is 12.4. The number of aryl methyl sites for hydroxylation is 2. The van der Waals surface area contributed by atoms with E-state index in [1.807, 2.05) is 38.5 Å². The summed E-state index contributed by atoms with van der Waals surface area (Å²) in [5.74, 6) is 1.80. The summed E-state index contributed by atoms with van der Waals surface area (Å²) in [4.78, 5) is 48.5. The lowest BCUT2D eigenvalue weighted by Crippen LogP contribution is -2.52. The number of amides is 2. The number of nitrogens with one attached hydrogen (secondary N) is 2. The Morgan fingerprint density at radius 1 is 1.02 bits per heavy atom. The number of imide groups is 1. The van der Waals surface area contributed by atoms with Gasteiger partial charge in [0.25, 0.3) is 0 Å². The van der Waals surface area contributed by atoms with Gasteiger partial charge in [-0.3, -0.25) is 29.5 Å². The number of benzene rings is 1. The number of imidazole rings is 1. The molecule has 3 saturated heterocycles.